The van der Waals surface area contributed by atoms with Gasteiger partial charge in [-0.3, -0.25) is 9.59 Å². The summed E-state index contributed by atoms with van der Waals surface area (Å²) in [7, 11) is 0. The summed E-state index contributed by atoms with van der Waals surface area (Å²) in [6.45, 7) is 1.63. The van der Waals surface area contributed by atoms with Gasteiger partial charge in [-0.25, -0.2) is 10.2 Å². The predicted molar refractivity (Wildman–Crippen MR) is 145 cm³/mol. The molecule has 1 heterocycles. The van der Waals surface area contributed by atoms with Gasteiger partial charge < -0.3 is 10.1 Å². The number of hydrogen-bond donors (Lipinski definition) is 2. The second-order valence-corrected chi connectivity index (χ2v) is 10.0. The van der Waals surface area contributed by atoms with E-state index < -0.39 is 17.8 Å². The van der Waals surface area contributed by atoms with E-state index in [1.54, 1.807) is 30.3 Å². The van der Waals surface area contributed by atoms with Crippen LogP contribution >= 0.6 is 38.9 Å². The lowest BCUT2D eigenvalue weighted by molar-refractivity contribution is -0.120. The second-order valence-electron chi connectivity index (χ2n) is 7.65. The van der Waals surface area contributed by atoms with Gasteiger partial charge in [0.25, 0.3) is 11.8 Å². The Morgan fingerprint density at radius 3 is 2.58 bits per heavy atom. The van der Waals surface area contributed by atoms with Gasteiger partial charge in [0.05, 0.1) is 23.3 Å². The topological polar surface area (TPSA) is 96.9 Å². The molecule has 0 aliphatic carbocycles. The second kappa shape index (κ2) is 11.5. The maximum atomic E-state index is 12.5. The zero-order valence-electron chi connectivity index (χ0n) is 18.9. The number of aryl methyl sites for hydroxylation is 1. The van der Waals surface area contributed by atoms with E-state index in [0.29, 0.717) is 21.0 Å². The average Bonchev–Trinajstić information content (AvgIpc) is 3.21. The molecule has 10 heteroatoms. The number of ether oxygens (including phenoxy) is 1. The Kier molecular flexibility index (Phi) is 8.14. The third-order valence-electron chi connectivity index (χ3n) is 5.01. The summed E-state index contributed by atoms with van der Waals surface area (Å²) in [4.78, 5) is 37.5. The number of halogens is 2. The minimum absolute atomic E-state index is 0.273. The Labute approximate surface area is 224 Å². The van der Waals surface area contributed by atoms with Crippen LogP contribution in [0.5, 0.6) is 5.75 Å². The van der Waals surface area contributed by atoms with Crippen LogP contribution in [0.3, 0.4) is 0 Å². The molecule has 7 nitrogen and oxygen atoms in total. The van der Waals surface area contributed by atoms with Crippen LogP contribution < -0.4 is 15.5 Å². The zero-order valence-corrected chi connectivity index (χ0v) is 22.0. The fourth-order valence-electron chi connectivity index (χ4n) is 3.18. The van der Waals surface area contributed by atoms with E-state index in [1.165, 1.54) is 17.6 Å². The SMILES string of the molecule is Cc1ccc(C(=O)Oc2ccc(Br)cc2C=NNC(=O)CNC(=O)c2sc3ccccc3c2Cl)cc1. The summed E-state index contributed by atoms with van der Waals surface area (Å²) < 4.78 is 7.13. The van der Waals surface area contributed by atoms with E-state index in [4.69, 9.17) is 16.3 Å². The molecule has 2 amide bonds. The Morgan fingerprint density at radius 2 is 1.83 bits per heavy atom. The number of rotatable bonds is 7. The van der Waals surface area contributed by atoms with E-state index in [0.717, 1.165) is 20.1 Å². The van der Waals surface area contributed by atoms with Gasteiger partial charge in [-0.1, -0.05) is 63.4 Å². The normalized spacial score (nSPS) is 11.0. The highest BCUT2D eigenvalue weighted by Gasteiger charge is 2.17. The van der Waals surface area contributed by atoms with Crippen molar-refractivity contribution in [3.63, 3.8) is 0 Å². The highest BCUT2D eigenvalue weighted by molar-refractivity contribution is 9.10. The summed E-state index contributed by atoms with van der Waals surface area (Å²) in [5, 5.41) is 7.61. The summed E-state index contributed by atoms with van der Waals surface area (Å²) in [5.41, 5.74) is 4.25. The number of carbonyl (C=O) groups is 3. The van der Waals surface area contributed by atoms with Crippen LogP contribution in [0.25, 0.3) is 10.1 Å². The maximum Gasteiger partial charge on any atom is 0.343 e. The Balaban J connectivity index is 1.36. The van der Waals surface area contributed by atoms with E-state index in [2.05, 4.69) is 31.8 Å². The third kappa shape index (κ3) is 6.17. The fourth-order valence-corrected chi connectivity index (χ4v) is 4.99. The van der Waals surface area contributed by atoms with Crippen LogP contribution in [0.4, 0.5) is 0 Å². The number of fused-ring (bicyclic) bond motifs is 1. The lowest BCUT2D eigenvalue weighted by atomic mass is 10.1. The summed E-state index contributed by atoms with van der Waals surface area (Å²) in [6.07, 6.45) is 1.35. The molecule has 0 aliphatic heterocycles. The molecule has 2 N–H and O–H groups in total. The standard InChI is InChI=1S/C26H19BrClN3O4S/c1-15-6-8-16(9-7-15)26(34)35-20-11-10-18(27)12-17(20)13-30-31-22(32)14-29-25(33)24-23(28)19-4-2-3-5-21(19)36-24/h2-13H,14H2,1H3,(H,29,33)(H,31,32). The highest BCUT2D eigenvalue weighted by Crippen LogP contribution is 2.34. The molecule has 0 spiro atoms. The van der Waals surface area contributed by atoms with E-state index in [9.17, 15) is 14.4 Å². The Morgan fingerprint density at radius 1 is 1.08 bits per heavy atom. The molecule has 0 unspecified atom stereocenters. The molecule has 0 saturated carbocycles. The molecule has 0 fully saturated rings. The minimum atomic E-state index is -0.537. The van der Waals surface area contributed by atoms with E-state index >= 15 is 0 Å². The first-order valence-electron chi connectivity index (χ1n) is 10.7. The van der Waals surface area contributed by atoms with Gasteiger partial charge in [-0.2, -0.15) is 5.10 Å². The lowest BCUT2D eigenvalue weighted by Crippen LogP contribution is -2.34. The quantitative estimate of drug-likeness (QED) is 0.126. The highest BCUT2D eigenvalue weighted by atomic mass is 79.9. The monoisotopic (exact) mass is 583 g/mol. The minimum Gasteiger partial charge on any atom is -0.422 e. The van der Waals surface area contributed by atoms with Crippen LogP contribution in [-0.2, 0) is 4.79 Å². The number of esters is 1. The molecule has 0 saturated heterocycles. The molecular formula is C26H19BrClN3O4S. The molecule has 4 rings (SSSR count). The third-order valence-corrected chi connectivity index (χ3v) is 7.17. The molecule has 36 heavy (non-hydrogen) atoms. The van der Waals surface area contributed by atoms with Crippen molar-refractivity contribution in [2.45, 2.75) is 6.92 Å². The molecule has 1 aromatic heterocycles. The number of carbonyl (C=O) groups excluding carboxylic acids is 3. The van der Waals surface area contributed by atoms with Gasteiger partial charge in [-0.15, -0.1) is 11.3 Å². The zero-order chi connectivity index (χ0) is 25.7. The van der Waals surface area contributed by atoms with Crippen LogP contribution in [0.1, 0.15) is 31.2 Å². The number of benzene rings is 3. The smallest absolute Gasteiger partial charge is 0.343 e. The van der Waals surface area contributed by atoms with Gasteiger partial charge in [0, 0.05) is 20.1 Å². The van der Waals surface area contributed by atoms with Crippen molar-refractivity contribution in [2.75, 3.05) is 6.54 Å². The van der Waals surface area contributed by atoms with Crippen LogP contribution in [0, 0.1) is 6.92 Å². The number of nitrogens with one attached hydrogen (secondary N) is 2. The predicted octanol–water partition coefficient (Wildman–Crippen LogP) is 5.72. The average molecular weight is 585 g/mol. The first-order chi connectivity index (χ1) is 17.3. The van der Waals surface area contributed by atoms with Crippen molar-refractivity contribution in [1.29, 1.82) is 0 Å². The summed E-state index contributed by atoms with van der Waals surface area (Å²) >= 11 is 10.9. The van der Waals surface area contributed by atoms with E-state index in [1.807, 2.05) is 43.3 Å². The number of hydrazone groups is 1. The Hall–Kier alpha value is -3.53. The maximum absolute atomic E-state index is 12.5. The van der Waals surface area contributed by atoms with Crippen molar-refractivity contribution < 1.29 is 19.1 Å². The van der Waals surface area contributed by atoms with Crippen molar-refractivity contribution in [1.82, 2.24) is 10.7 Å². The largest absolute Gasteiger partial charge is 0.422 e. The summed E-state index contributed by atoms with van der Waals surface area (Å²) in [6, 6.07) is 19.5. The molecule has 4 aromatic rings. The van der Waals surface area contributed by atoms with Crippen molar-refractivity contribution >= 4 is 73.0 Å². The van der Waals surface area contributed by atoms with Gasteiger partial charge in [-0.05, 0) is 43.3 Å². The number of thiophene rings is 1. The first-order valence-corrected chi connectivity index (χ1v) is 12.7. The first kappa shape index (κ1) is 25.6. The van der Waals surface area contributed by atoms with E-state index in [-0.39, 0.29) is 12.3 Å². The van der Waals surface area contributed by atoms with Crippen LogP contribution in [0.2, 0.25) is 5.02 Å². The number of nitrogens with zero attached hydrogens (tertiary/aromatic N) is 1. The van der Waals surface area contributed by atoms with Gasteiger partial charge >= 0.3 is 5.97 Å². The van der Waals surface area contributed by atoms with Gasteiger partial charge in [0.15, 0.2) is 0 Å². The molecule has 0 radical (unpaired) electrons. The van der Waals surface area contributed by atoms with Crippen LogP contribution in [0.15, 0.2) is 76.3 Å². The number of amides is 2. The fraction of sp³-hybridized carbons (Fsp3) is 0.0769. The van der Waals surface area contributed by atoms with Gasteiger partial charge in [0.2, 0.25) is 0 Å². The summed E-state index contributed by atoms with van der Waals surface area (Å²) in [5.74, 6) is -1.23. The van der Waals surface area contributed by atoms with Crippen molar-refractivity contribution in [3.05, 3.63) is 97.8 Å². The van der Waals surface area contributed by atoms with Gasteiger partial charge in [0.1, 0.15) is 10.6 Å². The van der Waals surface area contributed by atoms with Crippen molar-refractivity contribution in [2.24, 2.45) is 5.10 Å². The molecule has 3 aromatic carbocycles. The van der Waals surface area contributed by atoms with Crippen molar-refractivity contribution in [3.8, 4) is 5.75 Å². The lowest BCUT2D eigenvalue weighted by Gasteiger charge is -2.08. The Bertz CT molecular complexity index is 1480. The number of hydrogen-bond acceptors (Lipinski definition) is 6. The van der Waals surface area contributed by atoms with Crippen LogP contribution in [-0.4, -0.2) is 30.5 Å². The molecule has 0 atom stereocenters. The molecule has 0 aliphatic rings. The molecular weight excluding hydrogens is 566 g/mol. The molecule has 0 bridgehead atoms. The molecule has 182 valence electrons.